The third-order valence-corrected chi connectivity index (χ3v) is 2.35. The number of hydrogen-bond donors (Lipinski definition) is 3. The SMILES string of the molecule is NCCc1cccc(C(=O)Nc2ncc[nH]2)c1. The van der Waals surface area contributed by atoms with Crippen molar-refractivity contribution in [3.05, 3.63) is 47.8 Å². The van der Waals surface area contributed by atoms with Gasteiger partial charge in [0.05, 0.1) is 0 Å². The molecule has 0 saturated carbocycles. The summed E-state index contributed by atoms with van der Waals surface area (Å²) in [5.74, 6) is 0.262. The Morgan fingerprint density at radius 1 is 1.47 bits per heavy atom. The number of H-pyrrole nitrogens is 1. The van der Waals surface area contributed by atoms with Crippen molar-refractivity contribution < 1.29 is 4.79 Å². The lowest BCUT2D eigenvalue weighted by Crippen LogP contribution is -2.13. The number of anilines is 1. The second kappa shape index (κ2) is 5.27. The van der Waals surface area contributed by atoms with Crippen molar-refractivity contribution in [3.63, 3.8) is 0 Å². The first-order valence-corrected chi connectivity index (χ1v) is 5.39. The average molecular weight is 230 g/mol. The predicted molar refractivity (Wildman–Crippen MR) is 65.7 cm³/mol. The van der Waals surface area contributed by atoms with Gasteiger partial charge in [-0.15, -0.1) is 0 Å². The molecule has 0 unspecified atom stereocenters. The smallest absolute Gasteiger partial charge is 0.257 e. The predicted octanol–water partition coefficient (Wildman–Crippen LogP) is 1.16. The van der Waals surface area contributed by atoms with E-state index in [9.17, 15) is 4.79 Å². The van der Waals surface area contributed by atoms with E-state index in [0.717, 1.165) is 12.0 Å². The largest absolute Gasteiger partial charge is 0.331 e. The van der Waals surface area contributed by atoms with E-state index in [1.54, 1.807) is 18.5 Å². The van der Waals surface area contributed by atoms with Gasteiger partial charge in [0.15, 0.2) is 0 Å². The van der Waals surface area contributed by atoms with E-state index in [1.165, 1.54) is 0 Å². The van der Waals surface area contributed by atoms with E-state index >= 15 is 0 Å². The molecule has 0 aliphatic carbocycles. The van der Waals surface area contributed by atoms with Crippen molar-refractivity contribution in [1.82, 2.24) is 9.97 Å². The Labute approximate surface area is 99.1 Å². The summed E-state index contributed by atoms with van der Waals surface area (Å²) < 4.78 is 0. The molecule has 2 aromatic rings. The van der Waals surface area contributed by atoms with Gasteiger partial charge in [-0.1, -0.05) is 12.1 Å². The summed E-state index contributed by atoms with van der Waals surface area (Å²) in [6.07, 6.45) is 4.00. The first kappa shape index (κ1) is 11.3. The number of carbonyl (C=O) groups excluding carboxylic acids is 1. The van der Waals surface area contributed by atoms with Crippen LogP contribution in [0, 0.1) is 0 Å². The van der Waals surface area contributed by atoms with Crippen molar-refractivity contribution in [2.45, 2.75) is 6.42 Å². The molecule has 5 heteroatoms. The van der Waals surface area contributed by atoms with Crippen molar-refractivity contribution in [2.24, 2.45) is 5.73 Å². The Hall–Kier alpha value is -2.14. The lowest BCUT2D eigenvalue weighted by atomic mass is 10.1. The third kappa shape index (κ3) is 2.92. The van der Waals surface area contributed by atoms with Crippen molar-refractivity contribution in [3.8, 4) is 0 Å². The van der Waals surface area contributed by atoms with Crippen LogP contribution in [0.3, 0.4) is 0 Å². The zero-order valence-electron chi connectivity index (χ0n) is 9.31. The molecule has 1 aromatic carbocycles. The number of nitrogens with one attached hydrogen (secondary N) is 2. The lowest BCUT2D eigenvalue weighted by molar-refractivity contribution is 0.102. The summed E-state index contributed by atoms with van der Waals surface area (Å²) in [7, 11) is 0. The molecule has 0 atom stereocenters. The topological polar surface area (TPSA) is 83.8 Å². The van der Waals surface area contributed by atoms with Crippen LogP contribution in [-0.4, -0.2) is 22.4 Å². The van der Waals surface area contributed by atoms with Crippen LogP contribution in [0.15, 0.2) is 36.7 Å². The van der Waals surface area contributed by atoms with E-state index in [2.05, 4.69) is 15.3 Å². The monoisotopic (exact) mass is 230 g/mol. The molecule has 0 aliphatic heterocycles. The van der Waals surface area contributed by atoms with Gasteiger partial charge in [0, 0.05) is 18.0 Å². The van der Waals surface area contributed by atoms with Gasteiger partial charge >= 0.3 is 0 Å². The number of nitrogens with zero attached hydrogens (tertiary/aromatic N) is 1. The quantitative estimate of drug-likeness (QED) is 0.737. The third-order valence-electron chi connectivity index (χ3n) is 2.35. The highest BCUT2D eigenvalue weighted by molar-refractivity contribution is 6.03. The molecule has 1 amide bonds. The first-order chi connectivity index (χ1) is 8.29. The minimum Gasteiger partial charge on any atom is -0.331 e. The number of aromatic nitrogens is 2. The molecule has 0 radical (unpaired) electrons. The molecule has 2 rings (SSSR count). The van der Waals surface area contributed by atoms with Crippen molar-refractivity contribution >= 4 is 11.9 Å². The zero-order chi connectivity index (χ0) is 12.1. The van der Waals surface area contributed by atoms with Crippen LogP contribution >= 0.6 is 0 Å². The Bertz CT molecular complexity index is 493. The van der Waals surface area contributed by atoms with E-state index in [1.807, 2.05) is 18.2 Å². The first-order valence-electron chi connectivity index (χ1n) is 5.39. The number of rotatable bonds is 4. The summed E-state index contributed by atoms with van der Waals surface area (Å²) in [4.78, 5) is 18.6. The minimum atomic E-state index is -0.182. The molecule has 0 fully saturated rings. The van der Waals surface area contributed by atoms with Crippen LogP contribution in [0.4, 0.5) is 5.95 Å². The maximum absolute atomic E-state index is 11.9. The molecule has 1 heterocycles. The molecular formula is C12H14N4O. The fourth-order valence-electron chi connectivity index (χ4n) is 1.55. The highest BCUT2D eigenvalue weighted by Gasteiger charge is 2.07. The number of benzene rings is 1. The number of amides is 1. The number of hydrogen-bond acceptors (Lipinski definition) is 3. The van der Waals surface area contributed by atoms with Gasteiger partial charge in [-0.05, 0) is 30.7 Å². The molecule has 0 aliphatic rings. The minimum absolute atomic E-state index is 0.182. The Balaban J connectivity index is 2.11. The molecule has 88 valence electrons. The van der Waals surface area contributed by atoms with Gasteiger partial charge < -0.3 is 10.7 Å². The number of imidazole rings is 1. The average Bonchev–Trinajstić information content (AvgIpc) is 2.83. The van der Waals surface area contributed by atoms with Gasteiger partial charge in [0.25, 0.3) is 5.91 Å². The fraction of sp³-hybridized carbons (Fsp3) is 0.167. The second-order valence-electron chi connectivity index (χ2n) is 3.63. The highest BCUT2D eigenvalue weighted by Crippen LogP contribution is 2.08. The van der Waals surface area contributed by atoms with Crippen LogP contribution in [0.2, 0.25) is 0 Å². The van der Waals surface area contributed by atoms with Gasteiger partial charge in [0.2, 0.25) is 5.95 Å². The molecular weight excluding hydrogens is 216 g/mol. The Kier molecular flexibility index (Phi) is 3.52. The molecule has 17 heavy (non-hydrogen) atoms. The lowest BCUT2D eigenvalue weighted by Gasteiger charge is -2.04. The molecule has 5 nitrogen and oxygen atoms in total. The Morgan fingerprint density at radius 3 is 3.06 bits per heavy atom. The van der Waals surface area contributed by atoms with Crippen molar-refractivity contribution in [1.29, 1.82) is 0 Å². The second-order valence-corrected chi connectivity index (χ2v) is 3.63. The fourth-order valence-corrected chi connectivity index (χ4v) is 1.55. The summed E-state index contributed by atoms with van der Waals surface area (Å²) in [6.45, 7) is 0.573. The summed E-state index contributed by atoms with van der Waals surface area (Å²) in [5, 5.41) is 2.67. The maximum Gasteiger partial charge on any atom is 0.257 e. The maximum atomic E-state index is 11.9. The van der Waals surface area contributed by atoms with E-state index < -0.39 is 0 Å². The number of carbonyl (C=O) groups is 1. The zero-order valence-corrected chi connectivity index (χ0v) is 9.31. The van der Waals surface area contributed by atoms with Crippen LogP contribution in [0.1, 0.15) is 15.9 Å². The number of aromatic amines is 1. The van der Waals surface area contributed by atoms with Gasteiger partial charge in [-0.2, -0.15) is 0 Å². The molecule has 0 spiro atoms. The normalized spacial score (nSPS) is 10.2. The standard InChI is InChI=1S/C12H14N4O/c13-5-4-9-2-1-3-10(8-9)11(17)16-12-14-6-7-15-12/h1-3,6-8H,4-5,13H2,(H2,14,15,16,17). The van der Waals surface area contributed by atoms with Gasteiger partial charge in [-0.25, -0.2) is 4.98 Å². The molecule has 4 N–H and O–H groups in total. The van der Waals surface area contributed by atoms with Crippen LogP contribution in [-0.2, 0) is 6.42 Å². The number of nitrogens with two attached hydrogens (primary N) is 1. The van der Waals surface area contributed by atoms with Crippen LogP contribution < -0.4 is 11.1 Å². The van der Waals surface area contributed by atoms with Crippen molar-refractivity contribution in [2.75, 3.05) is 11.9 Å². The van der Waals surface area contributed by atoms with Gasteiger partial charge in [0.1, 0.15) is 0 Å². The van der Waals surface area contributed by atoms with E-state index in [0.29, 0.717) is 18.1 Å². The van der Waals surface area contributed by atoms with E-state index in [-0.39, 0.29) is 5.91 Å². The summed E-state index contributed by atoms with van der Waals surface area (Å²) in [6, 6.07) is 7.40. The molecule has 0 saturated heterocycles. The van der Waals surface area contributed by atoms with Crippen LogP contribution in [0.5, 0.6) is 0 Å². The summed E-state index contributed by atoms with van der Waals surface area (Å²) in [5.41, 5.74) is 7.14. The van der Waals surface area contributed by atoms with Gasteiger partial charge in [-0.3, -0.25) is 10.1 Å². The Morgan fingerprint density at radius 2 is 2.35 bits per heavy atom. The highest BCUT2D eigenvalue weighted by atomic mass is 16.1. The molecule has 1 aromatic heterocycles. The van der Waals surface area contributed by atoms with Crippen LogP contribution in [0.25, 0.3) is 0 Å². The molecule has 0 bridgehead atoms. The van der Waals surface area contributed by atoms with E-state index in [4.69, 9.17) is 5.73 Å². The summed E-state index contributed by atoms with van der Waals surface area (Å²) >= 11 is 0.